The number of nitrogens with one attached hydrogen (secondary N) is 1. The van der Waals surface area contributed by atoms with Gasteiger partial charge in [0, 0.05) is 26.8 Å². The number of methoxy groups -OCH3 is 1. The van der Waals surface area contributed by atoms with Gasteiger partial charge in [-0.15, -0.1) is 0 Å². The Bertz CT molecular complexity index is 272. The van der Waals surface area contributed by atoms with Gasteiger partial charge in [0.05, 0.1) is 13.2 Å². The van der Waals surface area contributed by atoms with Gasteiger partial charge in [0.1, 0.15) is 0 Å². The van der Waals surface area contributed by atoms with Gasteiger partial charge < -0.3 is 14.8 Å². The van der Waals surface area contributed by atoms with E-state index >= 15 is 0 Å². The second kappa shape index (κ2) is 8.28. The first kappa shape index (κ1) is 13.2. The van der Waals surface area contributed by atoms with Gasteiger partial charge in [-0.3, -0.25) is 0 Å². The molecule has 0 spiro atoms. The smallest absolute Gasteiger partial charge is 0.0713 e. The van der Waals surface area contributed by atoms with E-state index in [-0.39, 0.29) is 0 Å². The fourth-order valence-corrected chi connectivity index (χ4v) is 1.44. The van der Waals surface area contributed by atoms with Crippen molar-refractivity contribution in [2.75, 3.05) is 26.9 Å². The van der Waals surface area contributed by atoms with Crippen molar-refractivity contribution in [3.8, 4) is 0 Å². The van der Waals surface area contributed by atoms with Gasteiger partial charge in [0.15, 0.2) is 0 Å². The Balaban J connectivity index is 2.21. The van der Waals surface area contributed by atoms with Crippen molar-refractivity contribution in [2.24, 2.45) is 0 Å². The summed E-state index contributed by atoms with van der Waals surface area (Å²) in [5.74, 6) is 0. The monoisotopic (exact) mass is 223 g/mol. The lowest BCUT2D eigenvalue weighted by Gasteiger charge is -2.06. The molecule has 0 aliphatic carbocycles. The van der Waals surface area contributed by atoms with Crippen LogP contribution in [0.4, 0.5) is 0 Å². The summed E-state index contributed by atoms with van der Waals surface area (Å²) in [5, 5.41) is 3.33. The van der Waals surface area contributed by atoms with Crippen molar-refractivity contribution in [1.29, 1.82) is 0 Å². The molecule has 0 saturated carbocycles. The van der Waals surface area contributed by atoms with E-state index in [1.165, 1.54) is 11.1 Å². The lowest BCUT2D eigenvalue weighted by molar-refractivity contribution is 0.149. The maximum atomic E-state index is 5.24. The third-order valence-electron chi connectivity index (χ3n) is 2.29. The Morgan fingerprint density at radius 2 is 1.81 bits per heavy atom. The molecule has 1 aromatic rings. The number of rotatable bonds is 8. The van der Waals surface area contributed by atoms with Crippen LogP contribution in [0.25, 0.3) is 0 Å². The lowest BCUT2D eigenvalue weighted by atomic mass is 10.1. The van der Waals surface area contributed by atoms with Crippen molar-refractivity contribution >= 4 is 0 Å². The molecule has 0 unspecified atom stereocenters. The van der Waals surface area contributed by atoms with Gasteiger partial charge in [-0.1, -0.05) is 24.3 Å². The van der Waals surface area contributed by atoms with E-state index in [1.807, 2.05) is 6.92 Å². The normalized spacial score (nSPS) is 10.6. The zero-order chi connectivity index (χ0) is 11.6. The van der Waals surface area contributed by atoms with Gasteiger partial charge >= 0.3 is 0 Å². The Kier molecular flexibility index (Phi) is 6.81. The summed E-state index contributed by atoms with van der Waals surface area (Å²) >= 11 is 0. The Labute approximate surface area is 97.8 Å². The second-order valence-electron chi connectivity index (χ2n) is 3.62. The molecule has 0 aliphatic heterocycles. The van der Waals surface area contributed by atoms with Gasteiger partial charge in [0.2, 0.25) is 0 Å². The summed E-state index contributed by atoms with van der Waals surface area (Å²) in [6, 6.07) is 8.45. The van der Waals surface area contributed by atoms with Crippen molar-refractivity contribution in [2.45, 2.75) is 20.1 Å². The van der Waals surface area contributed by atoms with Crippen LogP contribution >= 0.6 is 0 Å². The maximum Gasteiger partial charge on any atom is 0.0713 e. The highest BCUT2D eigenvalue weighted by molar-refractivity contribution is 5.21. The molecule has 0 atom stereocenters. The highest BCUT2D eigenvalue weighted by atomic mass is 16.5. The Morgan fingerprint density at radius 3 is 2.44 bits per heavy atom. The molecule has 1 rings (SSSR count). The summed E-state index contributed by atoms with van der Waals surface area (Å²) in [6.07, 6.45) is 0. The average molecular weight is 223 g/mol. The molecule has 0 amide bonds. The fourth-order valence-electron chi connectivity index (χ4n) is 1.44. The standard InChI is InChI=1S/C13H21NO2/c1-3-16-9-8-14-10-12-4-6-13(7-5-12)11-15-2/h4-7,14H,3,8-11H2,1-2H3. The predicted octanol–water partition coefficient (Wildman–Crippen LogP) is 1.96. The molecule has 1 aromatic carbocycles. The number of ether oxygens (including phenoxy) is 2. The summed E-state index contributed by atoms with van der Waals surface area (Å²) in [7, 11) is 1.71. The molecule has 0 heterocycles. The van der Waals surface area contributed by atoms with Crippen molar-refractivity contribution in [3.05, 3.63) is 35.4 Å². The van der Waals surface area contributed by atoms with E-state index in [9.17, 15) is 0 Å². The van der Waals surface area contributed by atoms with Crippen LogP contribution in [0.2, 0.25) is 0 Å². The van der Waals surface area contributed by atoms with Crippen LogP contribution in [0.3, 0.4) is 0 Å². The second-order valence-corrected chi connectivity index (χ2v) is 3.62. The summed E-state index contributed by atoms with van der Waals surface area (Å²) in [5.41, 5.74) is 2.50. The van der Waals surface area contributed by atoms with Crippen molar-refractivity contribution in [1.82, 2.24) is 5.32 Å². The van der Waals surface area contributed by atoms with E-state index in [0.717, 1.165) is 26.3 Å². The Morgan fingerprint density at radius 1 is 1.12 bits per heavy atom. The lowest BCUT2D eigenvalue weighted by Crippen LogP contribution is -2.19. The number of hydrogen-bond acceptors (Lipinski definition) is 3. The molecule has 0 radical (unpaired) electrons. The molecule has 16 heavy (non-hydrogen) atoms. The molecule has 0 bridgehead atoms. The van der Waals surface area contributed by atoms with Gasteiger partial charge in [0.25, 0.3) is 0 Å². The van der Waals surface area contributed by atoms with Crippen LogP contribution in [0.15, 0.2) is 24.3 Å². The van der Waals surface area contributed by atoms with Gasteiger partial charge in [-0.25, -0.2) is 0 Å². The van der Waals surface area contributed by atoms with E-state index < -0.39 is 0 Å². The minimum absolute atomic E-state index is 0.679. The molecular weight excluding hydrogens is 202 g/mol. The topological polar surface area (TPSA) is 30.5 Å². The fraction of sp³-hybridized carbons (Fsp3) is 0.538. The predicted molar refractivity (Wildman–Crippen MR) is 65.4 cm³/mol. The van der Waals surface area contributed by atoms with Crippen LogP contribution in [0.5, 0.6) is 0 Å². The summed E-state index contributed by atoms with van der Waals surface area (Å²) < 4.78 is 10.3. The maximum absolute atomic E-state index is 5.24. The van der Waals surface area contributed by atoms with Gasteiger partial charge in [-0.2, -0.15) is 0 Å². The first-order valence-corrected chi connectivity index (χ1v) is 5.72. The van der Waals surface area contributed by atoms with E-state index in [1.54, 1.807) is 7.11 Å². The summed E-state index contributed by atoms with van der Waals surface area (Å²) in [4.78, 5) is 0. The molecule has 1 N–H and O–H groups in total. The van der Waals surface area contributed by atoms with Crippen LogP contribution in [-0.2, 0) is 22.6 Å². The molecular formula is C13H21NO2. The largest absolute Gasteiger partial charge is 0.380 e. The minimum atomic E-state index is 0.679. The Hall–Kier alpha value is -0.900. The molecule has 0 aliphatic rings. The van der Waals surface area contributed by atoms with Crippen molar-refractivity contribution in [3.63, 3.8) is 0 Å². The van der Waals surface area contributed by atoms with Crippen LogP contribution < -0.4 is 5.32 Å². The van der Waals surface area contributed by atoms with E-state index in [2.05, 4.69) is 29.6 Å². The molecule has 0 saturated heterocycles. The van der Waals surface area contributed by atoms with Crippen molar-refractivity contribution < 1.29 is 9.47 Å². The quantitative estimate of drug-likeness (QED) is 0.683. The van der Waals surface area contributed by atoms with E-state index in [4.69, 9.17) is 9.47 Å². The molecule has 3 nitrogen and oxygen atoms in total. The zero-order valence-electron chi connectivity index (χ0n) is 10.2. The third-order valence-corrected chi connectivity index (χ3v) is 2.29. The number of hydrogen-bond donors (Lipinski definition) is 1. The van der Waals surface area contributed by atoms with Crippen LogP contribution in [-0.4, -0.2) is 26.9 Å². The molecule has 3 heteroatoms. The third kappa shape index (κ3) is 5.26. The molecule has 90 valence electrons. The highest BCUT2D eigenvalue weighted by Gasteiger charge is 1.94. The molecule has 0 fully saturated rings. The highest BCUT2D eigenvalue weighted by Crippen LogP contribution is 2.04. The first-order valence-electron chi connectivity index (χ1n) is 5.72. The summed E-state index contributed by atoms with van der Waals surface area (Å²) in [6.45, 7) is 6.03. The average Bonchev–Trinajstić information content (AvgIpc) is 2.31. The van der Waals surface area contributed by atoms with E-state index in [0.29, 0.717) is 6.61 Å². The first-order chi connectivity index (χ1) is 7.86. The number of benzene rings is 1. The minimum Gasteiger partial charge on any atom is -0.380 e. The van der Waals surface area contributed by atoms with Crippen LogP contribution in [0, 0.1) is 0 Å². The van der Waals surface area contributed by atoms with Crippen LogP contribution in [0.1, 0.15) is 18.1 Å². The van der Waals surface area contributed by atoms with Gasteiger partial charge in [-0.05, 0) is 18.1 Å². The molecule has 0 aromatic heterocycles. The zero-order valence-corrected chi connectivity index (χ0v) is 10.2. The SMILES string of the molecule is CCOCCNCc1ccc(COC)cc1.